The van der Waals surface area contributed by atoms with Gasteiger partial charge >= 0.3 is 0 Å². The van der Waals surface area contributed by atoms with Crippen LogP contribution in [-0.2, 0) is 16.0 Å². The summed E-state index contributed by atoms with van der Waals surface area (Å²) in [4.78, 5) is 0. The van der Waals surface area contributed by atoms with E-state index in [1.165, 1.54) is 0 Å². The molecule has 5 heteroatoms. The molecule has 0 aliphatic carbocycles. The lowest BCUT2D eigenvalue weighted by molar-refractivity contribution is 0.0677. The number of rotatable bonds is 7. The van der Waals surface area contributed by atoms with E-state index >= 15 is 0 Å². The Morgan fingerprint density at radius 3 is 2.80 bits per heavy atom. The van der Waals surface area contributed by atoms with Crippen LogP contribution in [0.2, 0.25) is 0 Å². The Morgan fingerprint density at radius 2 is 2.20 bits per heavy atom. The van der Waals surface area contributed by atoms with Crippen molar-refractivity contribution >= 4 is 5.69 Å². The first-order valence-electron chi connectivity index (χ1n) is 5.10. The van der Waals surface area contributed by atoms with Crippen molar-refractivity contribution in [1.82, 2.24) is 9.78 Å². The van der Waals surface area contributed by atoms with Crippen molar-refractivity contribution in [3.63, 3.8) is 0 Å². The summed E-state index contributed by atoms with van der Waals surface area (Å²) in [5, 5.41) is 4.26. The Labute approximate surface area is 90.2 Å². The summed E-state index contributed by atoms with van der Waals surface area (Å²) in [6, 6.07) is 0. The number of ether oxygens (including phenoxy) is 2. The molecule has 0 saturated carbocycles. The van der Waals surface area contributed by atoms with Crippen LogP contribution in [0.4, 0.5) is 5.69 Å². The highest BCUT2D eigenvalue weighted by atomic mass is 16.5. The third-order valence-electron chi connectivity index (χ3n) is 2.09. The van der Waals surface area contributed by atoms with E-state index in [0.717, 1.165) is 31.0 Å². The number of aryl methyl sites for hydroxylation is 2. The molecule has 0 aromatic carbocycles. The molecule has 1 aromatic heterocycles. The molecule has 0 aliphatic heterocycles. The molecule has 15 heavy (non-hydrogen) atoms. The molecule has 0 unspecified atom stereocenters. The van der Waals surface area contributed by atoms with Crippen LogP contribution in [0.15, 0.2) is 6.20 Å². The molecule has 0 aliphatic rings. The van der Waals surface area contributed by atoms with Crippen molar-refractivity contribution in [1.29, 1.82) is 0 Å². The molecular formula is C10H19N3O2. The van der Waals surface area contributed by atoms with Crippen LogP contribution in [-0.4, -0.2) is 36.7 Å². The topological polar surface area (TPSA) is 62.3 Å². The predicted molar refractivity (Wildman–Crippen MR) is 58.7 cm³/mol. The van der Waals surface area contributed by atoms with Gasteiger partial charge in [-0.05, 0) is 13.3 Å². The van der Waals surface area contributed by atoms with E-state index in [9.17, 15) is 0 Å². The average Bonchev–Trinajstić information content (AvgIpc) is 2.52. The monoisotopic (exact) mass is 213 g/mol. The molecule has 1 rings (SSSR count). The minimum atomic E-state index is 0.647. The van der Waals surface area contributed by atoms with Crippen molar-refractivity contribution in [2.45, 2.75) is 19.9 Å². The summed E-state index contributed by atoms with van der Waals surface area (Å²) in [5.74, 6) is 0. The minimum Gasteiger partial charge on any atom is -0.396 e. The normalized spacial score (nSPS) is 10.8. The molecule has 5 nitrogen and oxygen atoms in total. The largest absolute Gasteiger partial charge is 0.396 e. The van der Waals surface area contributed by atoms with Crippen molar-refractivity contribution in [2.24, 2.45) is 0 Å². The maximum Gasteiger partial charge on any atom is 0.0822 e. The Balaban J connectivity index is 2.10. The SMILES string of the molecule is COCCOCCCn1cc(N)c(C)n1. The Morgan fingerprint density at radius 1 is 1.40 bits per heavy atom. The van der Waals surface area contributed by atoms with Crippen LogP contribution in [0.1, 0.15) is 12.1 Å². The molecule has 0 bridgehead atoms. The van der Waals surface area contributed by atoms with E-state index in [-0.39, 0.29) is 0 Å². The van der Waals surface area contributed by atoms with Gasteiger partial charge in [-0.3, -0.25) is 4.68 Å². The number of hydrogen-bond donors (Lipinski definition) is 1. The zero-order valence-corrected chi connectivity index (χ0v) is 9.40. The van der Waals surface area contributed by atoms with E-state index in [1.807, 2.05) is 17.8 Å². The Bertz CT molecular complexity index is 267. The third-order valence-corrected chi connectivity index (χ3v) is 2.09. The van der Waals surface area contributed by atoms with Crippen molar-refractivity contribution in [3.05, 3.63) is 11.9 Å². The predicted octanol–water partition coefficient (Wildman–Crippen LogP) is 0.827. The lowest BCUT2D eigenvalue weighted by atomic mass is 10.4. The van der Waals surface area contributed by atoms with E-state index in [2.05, 4.69) is 5.10 Å². The zero-order chi connectivity index (χ0) is 11.1. The van der Waals surface area contributed by atoms with Gasteiger partial charge in [-0.15, -0.1) is 0 Å². The van der Waals surface area contributed by atoms with Crippen LogP contribution in [0.5, 0.6) is 0 Å². The van der Waals surface area contributed by atoms with Gasteiger partial charge in [-0.25, -0.2) is 0 Å². The fraction of sp³-hybridized carbons (Fsp3) is 0.700. The summed E-state index contributed by atoms with van der Waals surface area (Å²) < 4.78 is 12.1. The van der Waals surface area contributed by atoms with Gasteiger partial charge < -0.3 is 15.2 Å². The molecule has 0 radical (unpaired) electrons. The smallest absolute Gasteiger partial charge is 0.0822 e. The molecular weight excluding hydrogens is 194 g/mol. The maximum absolute atomic E-state index is 5.68. The van der Waals surface area contributed by atoms with Crippen molar-refractivity contribution in [2.75, 3.05) is 32.7 Å². The molecule has 0 spiro atoms. The van der Waals surface area contributed by atoms with Crippen molar-refractivity contribution < 1.29 is 9.47 Å². The van der Waals surface area contributed by atoms with Gasteiger partial charge in [-0.1, -0.05) is 0 Å². The fourth-order valence-corrected chi connectivity index (χ4v) is 1.22. The molecule has 2 N–H and O–H groups in total. The van der Waals surface area contributed by atoms with Crippen LogP contribution in [0, 0.1) is 6.92 Å². The van der Waals surface area contributed by atoms with Gasteiger partial charge in [0.2, 0.25) is 0 Å². The fourth-order valence-electron chi connectivity index (χ4n) is 1.22. The lowest BCUT2D eigenvalue weighted by Gasteiger charge is -2.03. The second-order valence-electron chi connectivity index (χ2n) is 3.39. The molecule has 0 amide bonds. The molecule has 86 valence electrons. The van der Waals surface area contributed by atoms with Crippen LogP contribution in [0.25, 0.3) is 0 Å². The average molecular weight is 213 g/mol. The molecule has 0 atom stereocenters. The highest BCUT2D eigenvalue weighted by Crippen LogP contribution is 2.06. The van der Waals surface area contributed by atoms with E-state index < -0.39 is 0 Å². The summed E-state index contributed by atoms with van der Waals surface area (Å²) >= 11 is 0. The first-order valence-corrected chi connectivity index (χ1v) is 5.10. The summed E-state index contributed by atoms with van der Waals surface area (Å²) in [5.41, 5.74) is 7.31. The van der Waals surface area contributed by atoms with Gasteiger partial charge in [0.25, 0.3) is 0 Å². The summed E-state index contributed by atoms with van der Waals surface area (Å²) in [6.07, 6.45) is 2.79. The first kappa shape index (κ1) is 12.0. The van der Waals surface area contributed by atoms with Gasteiger partial charge in [0.15, 0.2) is 0 Å². The van der Waals surface area contributed by atoms with Gasteiger partial charge in [-0.2, -0.15) is 5.10 Å². The number of nitrogen functional groups attached to an aromatic ring is 1. The second-order valence-corrected chi connectivity index (χ2v) is 3.39. The standard InChI is InChI=1S/C10H19N3O2/c1-9-10(11)8-13(12-9)4-3-5-15-7-6-14-2/h8H,3-7,11H2,1-2H3. The number of aromatic nitrogens is 2. The molecule has 0 saturated heterocycles. The van der Waals surface area contributed by atoms with Gasteiger partial charge in [0.1, 0.15) is 0 Å². The quantitative estimate of drug-likeness (QED) is 0.681. The zero-order valence-electron chi connectivity index (χ0n) is 9.40. The number of nitrogens with zero attached hydrogens (tertiary/aromatic N) is 2. The van der Waals surface area contributed by atoms with Crippen molar-refractivity contribution in [3.8, 4) is 0 Å². The minimum absolute atomic E-state index is 0.647. The number of methoxy groups -OCH3 is 1. The number of anilines is 1. The molecule has 1 heterocycles. The maximum atomic E-state index is 5.68. The highest BCUT2D eigenvalue weighted by Gasteiger charge is 1.99. The van der Waals surface area contributed by atoms with E-state index in [0.29, 0.717) is 13.2 Å². The Kier molecular flexibility index (Phi) is 5.14. The molecule has 0 fully saturated rings. The molecule has 1 aromatic rings. The summed E-state index contributed by atoms with van der Waals surface area (Å²) in [6.45, 7) is 4.76. The number of nitrogens with two attached hydrogens (primary N) is 1. The Hall–Kier alpha value is -1.07. The van der Waals surface area contributed by atoms with E-state index in [1.54, 1.807) is 7.11 Å². The van der Waals surface area contributed by atoms with Gasteiger partial charge in [0.05, 0.1) is 24.6 Å². The first-order chi connectivity index (χ1) is 7.24. The highest BCUT2D eigenvalue weighted by molar-refractivity contribution is 5.39. The van der Waals surface area contributed by atoms with E-state index in [4.69, 9.17) is 15.2 Å². The lowest BCUT2D eigenvalue weighted by Crippen LogP contribution is -2.06. The number of hydrogen-bond acceptors (Lipinski definition) is 4. The second kappa shape index (κ2) is 6.42. The van der Waals surface area contributed by atoms with Crippen LogP contribution >= 0.6 is 0 Å². The van der Waals surface area contributed by atoms with Crippen LogP contribution in [0.3, 0.4) is 0 Å². The van der Waals surface area contributed by atoms with Crippen LogP contribution < -0.4 is 5.73 Å². The van der Waals surface area contributed by atoms with Gasteiger partial charge in [0, 0.05) is 26.5 Å². The summed E-state index contributed by atoms with van der Waals surface area (Å²) in [7, 11) is 1.67. The third kappa shape index (κ3) is 4.31.